The molecule has 9 nitrogen and oxygen atoms in total. The maximum Gasteiger partial charge on any atom is 0.224 e. The molecule has 2 saturated heterocycles. The van der Waals surface area contributed by atoms with Crippen LogP contribution in [0.15, 0.2) is 54.6 Å². The molecule has 4 rings (SSSR count). The lowest BCUT2D eigenvalue weighted by Crippen LogP contribution is -2.50. The number of hydrogen-bond donors (Lipinski definition) is 2. The summed E-state index contributed by atoms with van der Waals surface area (Å²) in [5.74, 6) is -1.26. The average Bonchev–Trinajstić information content (AvgIpc) is 3.75. The van der Waals surface area contributed by atoms with Gasteiger partial charge in [0.2, 0.25) is 11.8 Å². The van der Waals surface area contributed by atoms with Gasteiger partial charge in [0, 0.05) is 31.5 Å². The van der Waals surface area contributed by atoms with Gasteiger partial charge in [0.05, 0.1) is 25.8 Å². The first kappa shape index (κ1) is 30.4. The number of ketones is 2. The van der Waals surface area contributed by atoms with E-state index in [1.807, 2.05) is 42.5 Å². The zero-order valence-electron chi connectivity index (χ0n) is 24.0. The molecule has 0 spiro atoms. The van der Waals surface area contributed by atoms with Crippen LogP contribution in [0.4, 0.5) is 0 Å². The summed E-state index contributed by atoms with van der Waals surface area (Å²) in [5, 5.41) is 5.77. The normalized spacial score (nSPS) is 20.8. The second-order valence-corrected chi connectivity index (χ2v) is 11.2. The van der Waals surface area contributed by atoms with Gasteiger partial charge in [-0.1, -0.05) is 42.5 Å². The van der Waals surface area contributed by atoms with Crippen LogP contribution in [0.25, 0.3) is 0 Å². The van der Waals surface area contributed by atoms with Crippen LogP contribution in [-0.2, 0) is 41.5 Å². The average molecular weight is 565 g/mol. The Morgan fingerprint density at radius 1 is 0.951 bits per heavy atom. The molecular weight excluding hydrogens is 524 g/mol. The van der Waals surface area contributed by atoms with E-state index in [9.17, 15) is 19.2 Å². The minimum absolute atomic E-state index is 0.0902. The van der Waals surface area contributed by atoms with Crippen LogP contribution < -0.4 is 15.4 Å². The molecule has 2 amide bonds. The van der Waals surface area contributed by atoms with Crippen molar-refractivity contribution in [2.45, 2.75) is 63.6 Å². The largest absolute Gasteiger partial charge is 0.497 e. The highest BCUT2D eigenvalue weighted by Gasteiger charge is 2.50. The number of epoxide rings is 1. The molecule has 2 aromatic carbocycles. The maximum atomic E-state index is 13.8. The smallest absolute Gasteiger partial charge is 0.224 e. The zero-order chi connectivity index (χ0) is 29.4. The number of Topliss-reactive ketones (excluding diaryl/α,β-unsaturated/α-hetero) is 2. The highest BCUT2D eigenvalue weighted by atomic mass is 16.6. The second-order valence-electron chi connectivity index (χ2n) is 11.2. The number of rotatable bonds is 14. The van der Waals surface area contributed by atoms with Crippen LogP contribution >= 0.6 is 0 Å². The molecule has 2 fully saturated rings. The minimum Gasteiger partial charge on any atom is -0.497 e. The molecule has 2 N–H and O–H groups in total. The van der Waals surface area contributed by atoms with E-state index in [0.717, 1.165) is 11.1 Å². The predicted octanol–water partition coefficient (Wildman–Crippen LogP) is 2.83. The van der Waals surface area contributed by atoms with Gasteiger partial charge in [0.1, 0.15) is 11.4 Å². The summed E-state index contributed by atoms with van der Waals surface area (Å²) in [5.41, 5.74) is 0.834. The Morgan fingerprint density at radius 2 is 1.59 bits per heavy atom. The number of hydrogen-bond acceptors (Lipinski definition) is 7. The Morgan fingerprint density at radius 3 is 2.20 bits per heavy atom. The van der Waals surface area contributed by atoms with E-state index in [1.54, 1.807) is 33.1 Å². The van der Waals surface area contributed by atoms with Crippen molar-refractivity contribution in [3.05, 3.63) is 65.7 Å². The maximum absolute atomic E-state index is 13.8. The van der Waals surface area contributed by atoms with Gasteiger partial charge in [0.15, 0.2) is 11.6 Å². The molecule has 4 atom stereocenters. The van der Waals surface area contributed by atoms with E-state index in [2.05, 4.69) is 10.6 Å². The molecule has 2 aliphatic heterocycles. The first-order valence-electron chi connectivity index (χ1n) is 14.2. The van der Waals surface area contributed by atoms with Gasteiger partial charge in [-0.15, -0.1) is 0 Å². The van der Waals surface area contributed by atoms with E-state index >= 15 is 0 Å². The molecule has 0 radical (unpaired) electrons. The van der Waals surface area contributed by atoms with Crippen LogP contribution in [0.1, 0.15) is 44.2 Å². The fraction of sp³-hybridized carbons (Fsp3) is 0.500. The molecule has 2 aliphatic rings. The van der Waals surface area contributed by atoms with Crippen molar-refractivity contribution in [3.63, 3.8) is 0 Å². The highest BCUT2D eigenvalue weighted by Crippen LogP contribution is 2.29. The molecule has 2 heterocycles. The summed E-state index contributed by atoms with van der Waals surface area (Å²) >= 11 is 0. The predicted molar refractivity (Wildman–Crippen MR) is 152 cm³/mol. The summed E-state index contributed by atoms with van der Waals surface area (Å²) < 4.78 is 16.0. The van der Waals surface area contributed by atoms with Crippen LogP contribution in [0.5, 0.6) is 5.75 Å². The molecule has 41 heavy (non-hydrogen) atoms. The third kappa shape index (κ3) is 8.47. The van der Waals surface area contributed by atoms with Gasteiger partial charge < -0.3 is 24.8 Å². The third-order valence-electron chi connectivity index (χ3n) is 7.91. The number of ether oxygens (including phenoxy) is 3. The Bertz CT molecular complexity index is 1200. The van der Waals surface area contributed by atoms with Crippen molar-refractivity contribution in [2.24, 2.45) is 11.8 Å². The summed E-state index contributed by atoms with van der Waals surface area (Å²) in [4.78, 5) is 53.2. The number of amides is 2. The van der Waals surface area contributed by atoms with E-state index in [1.165, 1.54) is 0 Å². The van der Waals surface area contributed by atoms with Crippen molar-refractivity contribution in [1.82, 2.24) is 10.6 Å². The second kappa shape index (κ2) is 13.9. The van der Waals surface area contributed by atoms with Crippen LogP contribution in [-0.4, -0.2) is 68.0 Å². The van der Waals surface area contributed by atoms with E-state index in [-0.39, 0.29) is 36.2 Å². The third-order valence-corrected chi connectivity index (χ3v) is 7.91. The number of nitrogens with one attached hydrogen (secondary N) is 2. The quantitative estimate of drug-likeness (QED) is 0.338. The standard InChI is InChI=1S/C32H40N2O7/c1-21(33-30(37)24-13-15-40-16-14-24)28(35)19-25(17-23-9-11-26(39-3)12-10-23)31(38)34-27(29(36)32(2)20-41-32)18-22-7-5-4-6-8-22/h4-12,21,24-25,27H,13-20H2,1-3H3,(H,33,37)(H,34,38). The number of benzene rings is 2. The zero-order valence-corrected chi connectivity index (χ0v) is 24.0. The Balaban J connectivity index is 1.49. The Hall–Kier alpha value is -3.56. The van der Waals surface area contributed by atoms with Crippen LogP contribution in [0.3, 0.4) is 0 Å². The highest BCUT2D eigenvalue weighted by molar-refractivity contribution is 5.98. The topological polar surface area (TPSA) is 123 Å². The lowest BCUT2D eigenvalue weighted by Gasteiger charge is -2.25. The molecule has 0 saturated carbocycles. The molecule has 0 bridgehead atoms. The van der Waals surface area contributed by atoms with E-state index in [0.29, 0.717) is 44.8 Å². The van der Waals surface area contributed by atoms with Gasteiger partial charge in [0.25, 0.3) is 0 Å². The Kier molecular flexibility index (Phi) is 10.3. The molecule has 4 unspecified atom stereocenters. The fourth-order valence-corrected chi connectivity index (χ4v) is 5.06. The molecule has 0 aliphatic carbocycles. The van der Waals surface area contributed by atoms with Crippen molar-refractivity contribution in [2.75, 3.05) is 26.9 Å². The first-order valence-corrected chi connectivity index (χ1v) is 14.2. The van der Waals surface area contributed by atoms with Gasteiger partial charge >= 0.3 is 0 Å². The SMILES string of the molecule is COc1ccc(CC(CC(=O)C(C)NC(=O)C2CCOCC2)C(=O)NC(Cc2ccccc2)C(=O)C2(C)CO2)cc1. The summed E-state index contributed by atoms with van der Waals surface area (Å²) in [6, 6.07) is 15.2. The van der Waals surface area contributed by atoms with Crippen molar-refractivity contribution in [3.8, 4) is 5.75 Å². The summed E-state index contributed by atoms with van der Waals surface area (Å²) in [6.45, 7) is 4.73. The molecule has 0 aromatic heterocycles. The lowest BCUT2D eigenvalue weighted by molar-refractivity contribution is -0.135. The van der Waals surface area contributed by atoms with Gasteiger partial charge in [-0.25, -0.2) is 0 Å². The fourth-order valence-electron chi connectivity index (χ4n) is 5.06. The van der Waals surface area contributed by atoms with Crippen molar-refractivity contribution >= 4 is 23.4 Å². The van der Waals surface area contributed by atoms with Gasteiger partial charge in [-0.2, -0.15) is 0 Å². The molecule has 2 aromatic rings. The van der Waals surface area contributed by atoms with Gasteiger partial charge in [-0.3, -0.25) is 19.2 Å². The first-order chi connectivity index (χ1) is 19.7. The van der Waals surface area contributed by atoms with Crippen molar-refractivity contribution in [1.29, 1.82) is 0 Å². The number of methoxy groups -OCH3 is 1. The van der Waals surface area contributed by atoms with Crippen molar-refractivity contribution < 1.29 is 33.4 Å². The number of carbonyl (C=O) groups excluding carboxylic acids is 4. The summed E-state index contributed by atoms with van der Waals surface area (Å²) in [7, 11) is 1.58. The van der Waals surface area contributed by atoms with E-state index < -0.39 is 29.5 Å². The minimum atomic E-state index is -0.920. The van der Waals surface area contributed by atoms with Crippen LogP contribution in [0.2, 0.25) is 0 Å². The molecule has 9 heteroatoms. The van der Waals surface area contributed by atoms with Gasteiger partial charge in [-0.05, 0) is 62.8 Å². The molecular formula is C32H40N2O7. The monoisotopic (exact) mass is 564 g/mol. The van der Waals surface area contributed by atoms with E-state index in [4.69, 9.17) is 14.2 Å². The molecule has 220 valence electrons. The summed E-state index contributed by atoms with van der Waals surface area (Å²) in [6.07, 6.45) is 1.74. The number of carbonyl (C=O) groups is 4. The lowest BCUT2D eigenvalue weighted by atomic mass is 9.89. The Labute approximate surface area is 241 Å². The van der Waals surface area contributed by atoms with Crippen LogP contribution in [0, 0.1) is 11.8 Å².